The second kappa shape index (κ2) is 9.46. The highest BCUT2D eigenvalue weighted by atomic mass is 32.2. The molecular formula is C25H27N3O3S. The van der Waals surface area contributed by atoms with Gasteiger partial charge in [-0.25, -0.2) is 4.98 Å². The van der Waals surface area contributed by atoms with Gasteiger partial charge < -0.3 is 9.64 Å². The zero-order chi connectivity index (χ0) is 21.9. The Balaban J connectivity index is 1.59. The highest BCUT2D eigenvalue weighted by molar-refractivity contribution is 8.00. The van der Waals surface area contributed by atoms with Crippen molar-refractivity contribution in [1.82, 2.24) is 14.5 Å². The molecule has 166 valence electrons. The largest absolute Gasteiger partial charge is 0.378 e. The number of para-hydroxylation sites is 1. The van der Waals surface area contributed by atoms with Gasteiger partial charge in [0.15, 0.2) is 5.16 Å². The van der Waals surface area contributed by atoms with E-state index in [4.69, 9.17) is 9.72 Å². The highest BCUT2D eigenvalue weighted by Gasteiger charge is 2.31. The number of amides is 1. The zero-order valence-corrected chi connectivity index (χ0v) is 18.8. The van der Waals surface area contributed by atoms with Gasteiger partial charge >= 0.3 is 0 Å². The van der Waals surface area contributed by atoms with E-state index in [1.54, 1.807) is 0 Å². The Morgan fingerprint density at radius 1 is 1.00 bits per heavy atom. The maximum atomic E-state index is 13.6. The van der Waals surface area contributed by atoms with Gasteiger partial charge in [-0.3, -0.25) is 14.2 Å². The monoisotopic (exact) mass is 449 g/mol. The Morgan fingerprint density at radius 3 is 2.44 bits per heavy atom. The van der Waals surface area contributed by atoms with E-state index in [0.717, 1.165) is 31.2 Å². The Bertz CT molecular complexity index is 1150. The number of nitrogens with zero attached hydrogens (tertiary/aromatic N) is 3. The molecule has 7 heteroatoms. The first kappa shape index (κ1) is 21.2. The van der Waals surface area contributed by atoms with Gasteiger partial charge in [0.2, 0.25) is 5.91 Å². The molecule has 1 aliphatic heterocycles. The van der Waals surface area contributed by atoms with Crippen LogP contribution in [0.25, 0.3) is 10.9 Å². The number of thioether (sulfide) groups is 1. The number of hydrogen-bond acceptors (Lipinski definition) is 5. The number of fused-ring (bicyclic) bond motifs is 1. The van der Waals surface area contributed by atoms with Crippen molar-refractivity contribution in [2.45, 2.75) is 42.1 Å². The van der Waals surface area contributed by atoms with Crippen molar-refractivity contribution < 1.29 is 9.53 Å². The summed E-state index contributed by atoms with van der Waals surface area (Å²) >= 11 is 1.41. The molecule has 1 saturated carbocycles. The Hall–Kier alpha value is -2.64. The number of benzene rings is 2. The van der Waals surface area contributed by atoms with Crippen LogP contribution in [0.3, 0.4) is 0 Å². The molecule has 1 amide bonds. The number of hydrogen-bond donors (Lipinski definition) is 0. The quantitative estimate of drug-likeness (QED) is 0.431. The van der Waals surface area contributed by atoms with Crippen molar-refractivity contribution in [3.8, 4) is 0 Å². The van der Waals surface area contributed by atoms with E-state index in [1.165, 1.54) is 11.8 Å². The van der Waals surface area contributed by atoms with Crippen LogP contribution in [0.5, 0.6) is 0 Å². The van der Waals surface area contributed by atoms with Crippen LogP contribution < -0.4 is 5.56 Å². The van der Waals surface area contributed by atoms with Crippen molar-refractivity contribution in [3.63, 3.8) is 0 Å². The molecule has 3 aromatic rings. The predicted molar refractivity (Wildman–Crippen MR) is 126 cm³/mol. The molecular weight excluding hydrogens is 422 g/mol. The van der Waals surface area contributed by atoms with Crippen LogP contribution in [-0.4, -0.2) is 46.7 Å². The van der Waals surface area contributed by atoms with Crippen LogP contribution >= 0.6 is 11.8 Å². The smallest absolute Gasteiger partial charge is 0.262 e. The minimum atomic E-state index is -0.463. The fourth-order valence-corrected chi connectivity index (χ4v) is 5.89. The van der Waals surface area contributed by atoms with Crippen molar-refractivity contribution in [2.24, 2.45) is 0 Å². The molecule has 1 aromatic heterocycles. The fraction of sp³-hybridized carbons (Fsp3) is 0.400. The van der Waals surface area contributed by atoms with E-state index >= 15 is 0 Å². The second-order valence-electron chi connectivity index (χ2n) is 8.37. The zero-order valence-electron chi connectivity index (χ0n) is 18.0. The minimum absolute atomic E-state index is 0.00404. The Labute approximate surface area is 191 Å². The second-order valence-corrected chi connectivity index (χ2v) is 9.44. The molecule has 0 spiro atoms. The van der Waals surface area contributed by atoms with Gasteiger partial charge in [-0.15, -0.1) is 0 Å². The SMILES string of the molecule is O=C(C(Sc1nc2ccccc2c(=O)n1C1CCCC1)c1ccccc1)N1CCOCC1. The van der Waals surface area contributed by atoms with Gasteiger partial charge in [-0.1, -0.05) is 67.1 Å². The van der Waals surface area contributed by atoms with Gasteiger partial charge in [0.1, 0.15) is 5.25 Å². The molecule has 1 unspecified atom stereocenters. The first-order valence-corrected chi connectivity index (χ1v) is 12.2. The molecule has 1 aliphatic carbocycles. The van der Waals surface area contributed by atoms with E-state index in [9.17, 15) is 9.59 Å². The summed E-state index contributed by atoms with van der Waals surface area (Å²) in [5.74, 6) is 0.0462. The lowest BCUT2D eigenvalue weighted by atomic mass is 10.1. The maximum absolute atomic E-state index is 13.6. The molecule has 0 bridgehead atoms. The van der Waals surface area contributed by atoms with Crippen LogP contribution in [0.1, 0.15) is 42.5 Å². The van der Waals surface area contributed by atoms with Crippen molar-refractivity contribution >= 4 is 28.6 Å². The molecule has 1 atom stereocenters. The van der Waals surface area contributed by atoms with E-state index in [2.05, 4.69) is 0 Å². The molecule has 2 aromatic carbocycles. The number of ether oxygens (including phenoxy) is 1. The summed E-state index contributed by atoms with van der Waals surface area (Å²) in [6.45, 7) is 2.28. The topological polar surface area (TPSA) is 64.4 Å². The van der Waals surface area contributed by atoms with Crippen LogP contribution in [0, 0.1) is 0 Å². The van der Waals surface area contributed by atoms with Crippen LogP contribution in [0.15, 0.2) is 64.5 Å². The van der Waals surface area contributed by atoms with E-state index in [1.807, 2.05) is 64.1 Å². The van der Waals surface area contributed by atoms with Crippen LogP contribution in [0.4, 0.5) is 0 Å². The van der Waals surface area contributed by atoms with Crippen molar-refractivity contribution in [3.05, 3.63) is 70.5 Å². The molecule has 2 fully saturated rings. The lowest BCUT2D eigenvalue weighted by molar-refractivity contribution is -0.134. The third-order valence-corrected chi connectivity index (χ3v) is 7.55. The van der Waals surface area contributed by atoms with E-state index < -0.39 is 5.25 Å². The Morgan fingerprint density at radius 2 is 1.69 bits per heavy atom. The van der Waals surface area contributed by atoms with Crippen LogP contribution in [0.2, 0.25) is 0 Å². The number of rotatable bonds is 5. The summed E-state index contributed by atoms with van der Waals surface area (Å²) in [5, 5.41) is 0.811. The third-order valence-electron chi connectivity index (χ3n) is 6.34. The maximum Gasteiger partial charge on any atom is 0.262 e. The van der Waals surface area contributed by atoms with E-state index in [-0.39, 0.29) is 17.5 Å². The van der Waals surface area contributed by atoms with Crippen molar-refractivity contribution in [1.29, 1.82) is 0 Å². The molecule has 32 heavy (non-hydrogen) atoms. The molecule has 2 heterocycles. The van der Waals surface area contributed by atoms with Gasteiger partial charge in [0.25, 0.3) is 5.56 Å². The number of aromatic nitrogens is 2. The van der Waals surface area contributed by atoms with Gasteiger partial charge in [-0.05, 0) is 30.5 Å². The average Bonchev–Trinajstić information content (AvgIpc) is 3.38. The van der Waals surface area contributed by atoms with Crippen molar-refractivity contribution in [2.75, 3.05) is 26.3 Å². The van der Waals surface area contributed by atoms with Gasteiger partial charge in [-0.2, -0.15) is 0 Å². The molecule has 0 radical (unpaired) electrons. The highest BCUT2D eigenvalue weighted by Crippen LogP contribution is 2.39. The van der Waals surface area contributed by atoms with Crippen LogP contribution in [-0.2, 0) is 9.53 Å². The number of carbonyl (C=O) groups excluding carboxylic acids is 1. The summed E-state index contributed by atoms with van der Waals surface area (Å²) in [4.78, 5) is 33.9. The molecule has 2 aliphatic rings. The summed E-state index contributed by atoms with van der Waals surface area (Å²) in [6.07, 6.45) is 4.17. The number of morpholine rings is 1. The Kier molecular flexibility index (Phi) is 6.28. The third kappa shape index (κ3) is 4.19. The fourth-order valence-electron chi connectivity index (χ4n) is 4.64. The van der Waals surface area contributed by atoms with E-state index in [0.29, 0.717) is 42.4 Å². The lowest BCUT2D eigenvalue weighted by Gasteiger charge is -2.30. The first-order valence-electron chi connectivity index (χ1n) is 11.3. The lowest BCUT2D eigenvalue weighted by Crippen LogP contribution is -2.42. The minimum Gasteiger partial charge on any atom is -0.378 e. The summed E-state index contributed by atoms with van der Waals surface area (Å²) in [7, 11) is 0. The normalized spacial score (nSPS) is 18.2. The summed E-state index contributed by atoms with van der Waals surface area (Å²) in [6, 6.07) is 17.5. The average molecular weight is 450 g/mol. The van der Waals surface area contributed by atoms with Gasteiger partial charge in [0, 0.05) is 19.1 Å². The standard InChI is InChI=1S/C25H27N3O3S/c29-23-20-12-6-7-13-21(20)26-25(28(23)19-10-4-5-11-19)32-22(18-8-2-1-3-9-18)24(30)27-14-16-31-17-15-27/h1-3,6-9,12-13,19,22H,4-5,10-11,14-17H2. The predicted octanol–water partition coefficient (Wildman–Crippen LogP) is 4.20. The number of carbonyl (C=O) groups is 1. The summed E-state index contributed by atoms with van der Waals surface area (Å²) < 4.78 is 7.31. The molecule has 5 rings (SSSR count). The molecule has 1 saturated heterocycles. The molecule has 0 N–H and O–H groups in total. The first-order chi connectivity index (χ1) is 15.7. The molecule has 6 nitrogen and oxygen atoms in total. The summed E-state index contributed by atoms with van der Waals surface area (Å²) in [5.41, 5.74) is 1.60. The van der Waals surface area contributed by atoms with Gasteiger partial charge in [0.05, 0.1) is 24.1 Å².